The third-order valence-corrected chi connectivity index (χ3v) is 7.00. The van der Waals surface area contributed by atoms with Crippen LogP contribution in [0, 0.1) is 19.7 Å². The molecule has 0 radical (unpaired) electrons. The molecule has 1 N–H and O–H groups in total. The zero-order valence-corrected chi connectivity index (χ0v) is 18.0. The van der Waals surface area contributed by atoms with E-state index in [1.165, 1.54) is 11.3 Å². The van der Waals surface area contributed by atoms with Gasteiger partial charge in [-0.2, -0.15) is 0 Å². The fraction of sp³-hybridized carbons (Fsp3) is 0.429. The van der Waals surface area contributed by atoms with Crippen molar-refractivity contribution in [3.05, 3.63) is 55.5 Å². The van der Waals surface area contributed by atoms with Gasteiger partial charge in [0.25, 0.3) is 5.91 Å². The van der Waals surface area contributed by atoms with Crippen molar-refractivity contribution in [2.75, 3.05) is 13.1 Å². The number of hydrogen-bond donors (Lipinski definition) is 1. The predicted molar refractivity (Wildman–Crippen MR) is 111 cm³/mol. The van der Waals surface area contributed by atoms with E-state index in [1.54, 1.807) is 24.0 Å². The number of benzene rings is 1. The van der Waals surface area contributed by atoms with Gasteiger partial charge in [-0.15, -0.1) is 11.3 Å². The zero-order chi connectivity index (χ0) is 20.9. The fourth-order valence-corrected chi connectivity index (χ4v) is 5.23. The van der Waals surface area contributed by atoms with Crippen molar-refractivity contribution in [1.29, 1.82) is 0 Å². The molecule has 2 aromatic rings. The lowest BCUT2D eigenvalue weighted by Gasteiger charge is -2.23. The molecule has 3 heterocycles. The minimum Gasteiger partial charge on any atom is -0.391 e. The first-order chi connectivity index (χ1) is 13.7. The number of aryl methyl sites for hydroxylation is 2. The Morgan fingerprint density at radius 1 is 1.41 bits per heavy atom. The van der Waals surface area contributed by atoms with Crippen molar-refractivity contribution in [2.45, 2.75) is 45.3 Å². The second-order valence-corrected chi connectivity index (χ2v) is 9.42. The second kappa shape index (κ2) is 7.38. The van der Waals surface area contributed by atoms with E-state index < -0.39 is 17.5 Å². The van der Waals surface area contributed by atoms with E-state index in [4.69, 9.17) is 16.4 Å². The smallest absolute Gasteiger partial charge is 0.264 e. The molecule has 5 nitrogen and oxygen atoms in total. The molecule has 1 amide bonds. The largest absolute Gasteiger partial charge is 0.391 e. The molecule has 1 aromatic carbocycles. The highest BCUT2D eigenvalue weighted by Gasteiger charge is 2.40. The molecule has 154 valence electrons. The Bertz CT molecular complexity index is 1020. The van der Waals surface area contributed by atoms with Crippen LogP contribution in [-0.4, -0.2) is 40.8 Å². The Morgan fingerprint density at radius 2 is 2.17 bits per heavy atom. The van der Waals surface area contributed by atoms with Gasteiger partial charge in [0.05, 0.1) is 20.9 Å². The Hall–Kier alpha value is -1.96. The van der Waals surface area contributed by atoms with Gasteiger partial charge in [-0.3, -0.25) is 4.79 Å². The van der Waals surface area contributed by atoms with E-state index in [0.29, 0.717) is 42.1 Å². The van der Waals surface area contributed by atoms with Crippen molar-refractivity contribution in [3.8, 4) is 0 Å². The molecule has 1 aromatic heterocycles. The highest BCUT2D eigenvalue weighted by Crippen LogP contribution is 2.40. The Labute approximate surface area is 177 Å². The Kier molecular flexibility index (Phi) is 5.17. The van der Waals surface area contributed by atoms with E-state index in [1.807, 2.05) is 19.9 Å². The number of carbonyl (C=O) groups is 1. The van der Waals surface area contributed by atoms with E-state index in [-0.39, 0.29) is 10.9 Å². The molecule has 0 aliphatic carbocycles. The van der Waals surface area contributed by atoms with Crippen molar-refractivity contribution in [3.63, 3.8) is 0 Å². The molecule has 0 saturated carbocycles. The second-order valence-electron chi connectivity index (χ2n) is 7.96. The molecular formula is C21H22ClFN2O3S. The van der Waals surface area contributed by atoms with Crippen molar-refractivity contribution in [2.24, 2.45) is 5.16 Å². The molecule has 2 atom stereocenters. The number of thiophene rings is 1. The minimum atomic E-state index is -0.962. The van der Waals surface area contributed by atoms with Crippen molar-refractivity contribution in [1.82, 2.24) is 4.90 Å². The summed E-state index contributed by atoms with van der Waals surface area (Å²) in [5.74, 6) is -0.573. The maximum absolute atomic E-state index is 14.7. The summed E-state index contributed by atoms with van der Waals surface area (Å²) >= 11 is 7.37. The number of rotatable bonds is 3. The summed E-state index contributed by atoms with van der Waals surface area (Å²) in [6.07, 6.45) is 0.523. The monoisotopic (exact) mass is 436 g/mol. The molecule has 0 spiro atoms. The summed E-state index contributed by atoms with van der Waals surface area (Å²) in [5, 5.41) is 14.0. The number of carbonyl (C=O) groups excluding carboxylic acids is 1. The van der Waals surface area contributed by atoms with E-state index in [0.717, 1.165) is 16.0 Å². The molecule has 4 rings (SSSR count). The van der Waals surface area contributed by atoms with Crippen molar-refractivity contribution >= 4 is 34.6 Å². The molecular weight excluding hydrogens is 415 g/mol. The van der Waals surface area contributed by atoms with E-state index in [2.05, 4.69) is 5.16 Å². The quantitative estimate of drug-likeness (QED) is 0.775. The summed E-state index contributed by atoms with van der Waals surface area (Å²) in [6, 6.07) is 5.22. The van der Waals surface area contributed by atoms with Gasteiger partial charge >= 0.3 is 0 Å². The highest BCUT2D eigenvalue weighted by atomic mass is 35.5. The van der Waals surface area contributed by atoms with Crippen LogP contribution in [-0.2, 0) is 10.4 Å². The number of oxime groups is 1. The molecule has 2 aliphatic rings. The minimum absolute atomic E-state index is 0.0610. The topological polar surface area (TPSA) is 62.1 Å². The van der Waals surface area contributed by atoms with Gasteiger partial charge in [0.15, 0.2) is 5.60 Å². The number of aliphatic hydroxyl groups excluding tert-OH is 1. The van der Waals surface area contributed by atoms with Crippen LogP contribution in [0.4, 0.5) is 4.39 Å². The average Bonchev–Trinajstić information content (AvgIpc) is 3.36. The third-order valence-electron chi connectivity index (χ3n) is 5.45. The molecule has 0 bridgehead atoms. The van der Waals surface area contributed by atoms with E-state index in [9.17, 15) is 14.3 Å². The summed E-state index contributed by atoms with van der Waals surface area (Å²) in [5.41, 5.74) is 1.79. The zero-order valence-electron chi connectivity index (χ0n) is 16.5. The van der Waals surface area contributed by atoms with Crippen LogP contribution in [0.5, 0.6) is 0 Å². The number of β-amino-alcohol motifs (C(OH)–C–C–N with tert-alkyl or cyclic N) is 1. The van der Waals surface area contributed by atoms with Gasteiger partial charge < -0.3 is 14.8 Å². The SMILES string of the molecule is Cc1cc(Cl)c(F)c(C2(C)CC(c3cc(C)c(C(=O)N4CCC(O)C4)s3)=NO2)c1. The van der Waals surface area contributed by atoms with Crippen LogP contribution in [0.3, 0.4) is 0 Å². The average molecular weight is 437 g/mol. The third kappa shape index (κ3) is 3.67. The highest BCUT2D eigenvalue weighted by molar-refractivity contribution is 7.16. The predicted octanol–water partition coefficient (Wildman–Crippen LogP) is 4.40. The summed E-state index contributed by atoms with van der Waals surface area (Å²) < 4.78 is 14.7. The lowest BCUT2D eigenvalue weighted by Crippen LogP contribution is -2.29. The number of nitrogens with zero attached hydrogens (tertiary/aromatic N) is 2. The van der Waals surface area contributed by atoms with Gasteiger partial charge in [-0.25, -0.2) is 4.39 Å². The van der Waals surface area contributed by atoms with Crippen LogP contribution in [0.1, 0.15) is 51.0 Å². The van der Waals surface area contributed by atoms with Crippen LogP contribution in [0.2, 0.25) is 5.02 Å². The first-order valence-corrected chi connectivity index (χ1v) is 10.7. The first-order valence-electron chi connectivity index (χ1n) is 9.47. The molecule has 1 saturated heterocycles. The van der Waals surface area contributed by atoms with Crippen LogP contribution < -0.4 is 0 Å². The summed E-state index contributed by atoms with van der Waals surface area (Å²) in [6.45, 7) is 6.44. The molecule has 8 heteroatoms. The van der Waals surface area contributed by atoms with Gasteiger partial charge in [0.2, 0.25) is 0 Å². The number of aliphatic hydroxyl groups is 1. The number of amides is 1. The van der Waals surface area contributed by atoms with Crippen molar-refractivity contribution < 1.29 is 19.1 Å². The molecule has 2 aliphatic heterocycles. The normalized spacial score (nSPS) is 24.0. The van der Waals surface area contributed by atoms with Gasteiger partial charge in [-0.1, -0.05) is 16.8 Å². The lowest BCUT2D eigenvalue weighted by molar-refractivity contribution is -0.0100. The van der Waals surface area contributed by atoms with E-state index >= 15 is 0 Å². The number of likely N-dealkylation sites (tertiary alicyclic amines) is 1. The Morgan fingerprint density at radius 3 is 2.86 bits per heavy atom. The van der Waals surface area contributed by atoms with Gasteiger partial charge in [-0.05, 0) is 56.5 Å². The van der Waals surface area contributed by atoms with Crippen LogP contribution in [0.25, 0.3) is 0 Å². The maximum Gasteiger partial charge on any atom is 0.264 e. The first kappa shape index (κ1) is 20.3. The molecule has 1 fully saturated rings. The molecule has 2 unspecified atom stereocenters. The van der Waals surface area contributed by atoms with Crippen LogP contribution >= 0.6 is 22.9 Å². The number of hydrogen-bond acceptors (Lipinski definition) is 5. The standard InChI is InChI=1S/C21H22ClFN2O3S/c1-11-6-14(18(23)15(22)7-11)21(3)9-16(24-28-21)17-8-12(2)19(29-17)20(27)25-5-4-13(26)10-25/h6-8,13,26H,4-5,9-10H2,1-3H3. The maximum atomic E-state index is 14.7. The number of halogens is 2. The fourth-order valence-electron chi connectivity index (χ4n) is 3.83. The molecule has 29 heavy (non-hydrogen) atoms. The summed E-state index contributed by atoms with van der Waals surface area (Å²) in [4.78, 5) is 21.6. The lowest BCUT2D eigenvalue weighted by atomic mass is 9.89. The van der Waals surface area contributed by atoms with Gasteiger partial charge in [0.1, 0.15) is 11.5 Å². The van der Waals surface area contributed by atoms with Gasteiger partial charge in [0, 0.05) is 25.1 Å². The Balaban J connectivity index is 1.58. The van der Waals surface area contributed by atoms with Crippen LogP contribution in [0.15, 0.2) is 23.4 Å². The summed E-state index contributed by atoms with van der Waals surface area (Å²) in [7, 11) is 0.